The minimum absolute atomic E-state index is 0.320. The van der Waals surface area contributed by atoms with Gasteiger partial charge < -0.3 is 0 Å². The molecule has 2 aliphatic rings. The molecule has 0 unspecified atom stereocenters. The maximum atomic E-state index is 2.47. The molecule has 0 saturated heterocycles. The van der Waals surface area contributed by atoms with Crippen molar-refractivity contribution >= 4 is 21.5 Å². The van der Waals surface area contributed by atoms with E-state index in [2.05, 4.69) is 171 Å². The van der Waals surface area contributed by atoms with Gasteiger partial charge in [0.2, 0.25) is 0 Å². The van der Waals surface area contributed by atoms with Gasteiger partial charge in [0.1, 0.15) is 0 Å². The molecule has 0 fully saturated rings. The second kappa shape index (κ2) is 9.39. The molecule has 0 bridgehead atoms. The first-order chi connectivity index (χ1) is 22.7. The summed E-state index contributed by atoms with van der Waals surface area (Å²) in [7, 11) is 0. The Hall–Kier alpha value is -5.72. The summed E-state index contributed by atoms with van der Waals surface area (Å²) in [6.45, 7) is 2.15. The summed E-state index contributed by atoms with van der Waals surface area (Å²) in [5.74, 6) is 0. The van der Waals surface area contributed by atoms with Gasteiger partial charge in [0.05, 0.1) is 5.41 Å². The Kier molecular flexibility index (Phi) is 5.23. The monoisotopic (exact) mass is 582 g/mol. The molecule has 0 N–H and O–H groups in total. The summed E-state index contributed by atoms with van der Waals surface area (Å²) >= 11 is 0. The first kappa shape index (κ1) is 25.6. The lowest BCUT2D eigenvalue weighted by atomic mass is 9.70. The van der Waals surface area contributed by atoms with Crippen LogP contribution in [0.15, 0.2) is 164 Å². The van der Waals surface area contributed by atoms with Gasteiger partial charge in [0.25, 0.3) is 0 Å². The molecule has 0 saturated carbocycles. The molecule has 10 rings (SSSR count). The minimum Gasteiger partial charge on any atom is -0.0619 e. The van der Waals surface area contributed by atoms with Crippen LogP contribution in [0.1, 0.15) is 27.8 Å². The zero-order valence-corrected chi connectivity index (χ0v) is 25.6. The van der Waals surface area contributed by atoms with E-state index < -0.39 is 0 Å². The van der Waals surface area contributed by atoms with Gasteiger partial charge >= 0.3 is 0 Å². The van der Waals surface area contributed by atoms with E-state index >= 15 is 0 Å². The summed E-state index contributed by atoms with van der Waals surface area (Å²) in [5, 5.41) is 5.09. The van der Waals surface area contributed by atoms with E-state index in [0.717, 1.165) is 0 Å². The highest BCUT2D eigenvalue weighted by molar-refractivity contribution is 5.97. The van der Waals surface area contributed by atoms with Gasteiger partial charge in [-0.05, 0) is 119 Å². The Morgan fingerprint density at radius 1 is 0.304 bits per heavy atom. The van der Waals surface area contributed by atoms with Crippen molar-refractivity contribution in [3.05, 3.63) is 192 Å². The van der Waals surface area contributed by atoms with Crippen LogP contribution in [0, 0.1) is 6.92 Å². The fraction of sp³-hybridized carbons (Fsp3) is 0.0435. The van der Waals surface area contributed by atoms with Crippen LogP contribution in [-0.4, -0.2) is 0 Å². The Morgan fingerprint density at radius 2 is 0.674 bits per heavy atom. The van der Waals surface area contributed by atoms with E-state index in [9.17, 15) is 0 Å². The molecule has 0 radical (unpaired) electrons. The Balaban J connectivity index is 1.11. The van der Waals surface area contributed by atoms with Crippen LogP contribution in [0.3, 0.4) is 0 Å². The van der Waals surface area contributed by atoms with E-state index in [1.165, 1.54) is 93.9 Å². The van der Waals surface area contributed by atoms with Crippen LogP contribution in [0.5, 0.6) is 0 Å². The van der Waals surface area contributed by atoms with Crippen molar-refractivity contribution < 1.29 is 0 Å². The number of aryl methyl sites for hydroxylation is 1. The van der Waals surface area contributed by atoms with Crippen molar-refractivity contribution in [3.8, 4) is 44.5 Å². The molecule has 1 spiro atoms. The topological polar surface area (TPSA) is 0 Å². The predicted molar refractivity (Wildman–Crippen MR) is 193 cm³/mol. The third-order valence-electron chi connectivity index (χ3n) is 10.5. The fourth-order valence-electron chi connectivity index (χ4n) is 8.42. The molecule has 8 aromatic carbocycles. The molecular weight excluding hydrogens is 553 g/mol. The Morgan fingerprint density at radius 3 is 1.17 bits per heavy atom. The van der Waals surface area contributed by atoms with Crippen molar-refractivity contribution in [2.75, 3.05) is 0 Å². The largest absolute Gasteiger partial charge is 0.0725 e. The van der Waals surface area contributed by atoms with Crippen LogP contribution >= 0.6 is 0 Å². The van der Waals surface area contributed by atoms with E-state index in [0.29, 0.717) is 0 Å². The summed E-state index contributed by atoms with van der Waals surface area (Å²) in [4.78, 5) is 0. The van der Waals surface area contributed by atoms with Crippen molar-refractivity contribution in [2.45, 2.75) is 12.3 Å². The zero-order chi connectivity index (χ0) is 30.4. The maximum absolute atomic E-state index is 2.47. The second-order valence-electron chi connectivity index (χ2n) is 13.0. The first-order valence-corrected chi connectivity index (χ1v) is 16.2. The highest BCUT2D eigenvalue weighted by atomic mass is 14.5. The van der Waals surface area contributed by atoms with Crippen LogP contribution < -0.4 is 0 Å². The summed E-state index contributed by atoms with van der Waals surface area (Å²) in [6.07, 6.45) is 0. The molecule has 0 aromatic heterocycles. The number of fused-ring (bicyclic) bond motifs is 12. The summed E-state index contributed by atoms with van der Waals surface area (Å²) < 4.78 is 0. The molecular formula is C46H30. The molecule has 0 nitrogen and oxygen atoms in total. The Labute approximate surface area is 269 Å². The molecule has 0 amide bonds. The standard InChI is InChI=1S/C46H30/c1-29-14-15-31-25-32(17-16-30(31)24-29)33-18-19-35-27-36(21-20-34(35)26-33)37-22-23-41-40-10-4-7-13-44(40)46(45(41)28-37)42-11-5-2-8-38(42)39-9-3-6-12-43(39)46/h2-28H,1H3. The molecule has 214 valence electrons. The van der Waals surface area contributed by atoms with Crippen molar-refractivity contribution in [1.29, 1.82) is 0 Å². The van der Waals surface area contributed by atoms with E-state index in [1.54, 1.807) is 0 Å². The zero-order valence-electron chi connectivity index (χ0n) is 25.6. The molecule has 0 heterocycles. The number of hydrogen-bond donors (Lipinski definition) is 0. The smallest absolute Gasteiger partial charge is 0.0619 e. The fourth-order valence-corrected chi connectivity index (χ4v) is 8.42. The lowest BCUT2D eigenvalue weighted by molar-refractivity contribution is 0.794. The Bertz CT molecular complexity index is 2480. The molecule has 0 aliphatic heterocycles. The summed E-state index contributed by atoms with van der Waals surface area (Å²) in [6, 6.07) is 61.5. The number of benzene rings is 8. The highest BCUT2D eigenvalue weighted by Gasteiger charge is 2.51. The van der Waals surface area contributed by atoms with Gasteiger partial charge in [-0.2, -0.15) is 0 Å². The van der Waals surface area contributed by atoms with Crippen molar-refractivity contribution in [3.63, 3.8) is 0 Å². The normalized spacial score (nSPS) is 13.5. The van der Waals surface area contributed by atoms with Crippen LogP contribution in [-0.2, 0) is 5.41 Å². The third kappa shape index (κ3) is 3.44. The molecule has 0 heteroatoms. The number of hydrogen-bond acceptors (Lipinski definition) is 0. The maximum Gasteiger partial charge on any atom is 0.0725 e. The number of rotatable bonds is 2. The van der Waals surface area contributed by atoms with Crippen molar-refractivity contribution in [2.24, 2.45) is 0 Å². The van der Waals surface area contributed by atoms with E-state index in [-0.39, 0.29) is 5.41 Å². The molecule has 0 atom stereocenters. The van der Waals surface area contributed by atoms with Crippen LogP contribution in [0.2, 0.25) is 0 Å². The second-order valence-corrected chi connectivity index (χ2v) is 13.0. The van der Waals surface area contributed by atoms with Crippen LogP contribution in [0.25, 0.3) is 66.1 Å². The highest BCUT2D eigenvalue weighted by Crippen LogP contribution is 2.63. The van der Waals surface area contributed by atoms with Gasteiger partial charge in [-0.3, -0.25) is 0 Å². The van der Waals surface area contributed by atoms with Gasteiger partial charge in [0, 0.05) is 0 Å². The lowest BCUT2D eigenvalue weighted by Gasteiger charge is -2.30. The van der Waals surface area contributed by atoms with Crippen LogP contribution in [0.4, 0.5) is 0 Å². The average Bonchev–Trinajstić information content (AvgIpc) is 3.58. The third-order valence-corrected chi connectivity index (χ3v) is 10.5. The van der Waals surface area contributed by atoms with E-state index in [4.69, 9.17) is 0 Å². The van der Waals surface area contributed by atoms with Gasteiger partial charge in [-0.25, -0.2) is 0 Å². The van der Waals surface area contributed by atoms with Crippen molar-refractivity contribution in [1.82, 2.24) is 0 Å². The van der Waals surface area contributed by atoms with E-state index in [1.807, 2.05) is 0 Å². The van der Waals surface area contributed by atoms with Gasteiger partial charge in [0.15, 0.2) is 0 Å². The first-order valence-electron chi connectivity index (χ1n) is 16.2. The van der Waals surface area contributed by atoms with Gasteiger partial charge in [-0.1, -0.05) is 145 Å². The SMILES string of the molecule is Cc1ccc2cc(-c3ccc4cc(-c5ccc6c(c5)C5(c7ccccc7-c7ccccc75)c5ccccc5-6)ccc4c3)ccc2c1. The van der Waals surface area contributed by atoms with Gasteiger partial charge in [-0.15, -0.1) is 0 Å². The minimum atomic E-state index is -0.320. The molecule has 46 heavy (non-hydrogen) atoms. The molecule has 2 aliphatic carbocycles. The lowest BCUT2D eigenvalue weighted by Crippen LogP contribution is -2.25. The predicted octanol–water partition coefficient (Wildman–Crippen LogP) is 12.0. The molecule has 8 aromatic rings. The average molecular weight is 583 g/mol. The summed E-state index contributed by atoms with van der Waals surface area (Å²) in [5.41, 5.74) is 16.9. The quantitative estimate of drug-likeness (QED) is 0.190.